The highest BCUT2D eigenvalue weighted by molar-refractivity contribution is 7.91. The molecule has 2 aromatic carbocycles. The van der Waals surface area contributed by atoms with Crippen molar-refractivity contribution in [3.63, 3.8) is 0 Å². The van der Waals surface area contributed by atoms with Gasteiger partial charge in [-0.3, -0.25) is 4.79 Å². The van der Waals surface area contributed by atoms with Gasteiger partial charge >= 0.3 is 11.7 Å². The fourth-order valence-electron chi connectivity index (χ4n) is 2.18. The predicted octanol–water partition coefficient (Wildman–Crippen LogP) is 3.53. The van der Waals surface area contributed by atoms with Crippen molar-refractivity contribution in [1.82, 2.24) is 0 Å². The maximum atomic E-state index is 12.5. The second-order valence-electron chi connectivity index (χ2n) is 5.71. The maximum absolute atomic E-state index is 12.5. The van der Waals surface area contributed by atoms with Crippen molar-refractivity contribution in [3.8, 4) is 5.75 Å². The highest BCUT2D eigenvalue weighted by Gasteiger charge is 2.27. The Kier molecular flexibility index (Phi) is 7.15. The molecule has 1 N–H and O–H groups in total. The molecule has 7 nitrogen and oxygen atoms in total. The number of hydrogen-bond acceptors (Lipinski definition) is 6. The first kappa shape index (κ1) is 22.6. The summed E-state index contributed by atoms with van der Waals surface area (Å²) in [7, 11) is -3.37. The van der Waals surface area contributed by atoms with Crippen molar-refractivity contribution in [2.75, 3.05) is 12.4 Å². The van der Waals surface area contributed by atoms with Crippen LogP contribution in [0.2, 0.25) is 5.02 Å². The number of alkyl halides is 2. The standard InChI is InChI=1S/C18H16ClF2NO6S/c1-10(16(23)22-14-9-12(19)5-8-15(14)27-2)28-17(24)11-3-6-13(7-4-11)29(25,26)18(20)21/h3-10,18H,1-2H3,(H,22,23). The second kappa shape index (κ2) is 9.19. The molecule has 0 saturated heterocycles. The van der Waals surface area contributed by atoms with E-state index in [-0.39, 0.29) is 11.3 Å². The molecule has 2 rings (SSSR count). The topological polar surface area (TPSA) is 98.8 Å². The monoisotopic (exact) mass is 447 g/mol. The van der Waals surface area contributed by atoms with E-state index in [1.165, 1.54) is 20.1 Å². The third kappa shape index (κ3) is 5.42. The molecule has 1 amide bonds. The summed E-state index contributed by atoms with van der Waals surface area (Å²) in [6.45, 7) is 1.32. The molecule has 0 radical (unpaired) electrons. The summed E-state index contributed by atoms with van der Waals surface area (Å²) in [5.74, 6) is -4.84. The fraction of sp³-hybridized carbons (Fsp3) is 0.222. The minimum Gasteiger partial charge on any atom is -0.495 e. The van der Waals surface area contributed by atoms with Crippen molar-refractivity contribution < 1.29 is 36.3 Å². The zero-order valence-electron chi connectivity index (χ0n) is 15.2. The van der Waals surface area contributed by atoms with Crippen LogP contribution in [0.15, 0.2) is 47.4 Å². The number of sulfone groups is 1. The summed E-state index contributed by atoms with van der Waals surface area (Å²) in [6, 6.07) is 8.32. The molecule has 0 spiro atoms. The van der Waals surface area contributed by atoms with Crippen LogP contribution in [-0.4, -0.2) is 39.3 Å². The smallest absolute Gasteiger partial charge is 0.341 e. The minimum absolute atomic E-state index is 0.113. The van der Waals surface area contributed by atoms with Gasteiger partial charge in [0.05, 0.1) is 23.3 Å². The van der Waals surface area contributed by atoms with Gasteiger partial charge in [0.2, 0.25) is 9.84 Å². The average molecular weight is 448 g/mol. The second-order valence-corrected chi connectivity index (χ2v) is 8.07. The van der Waals surface area contributed by atoms with Crippen LogP contribution in [0.4, 0.5) is 14.5 Å². The molecule has 29 heavy (non-hydrogen) atoms. The number of ether oxygens (including phenoxy) is 2. The van der Waals surface area contributed by atoms with Crippen molar-refractivity contribution in [3.05, 3.63) is 53.1 Å². The molecule has 1 unspecified atom stereocenters. The van der Waals surface area contributed by atoms with E-state index < -0.39 is 38.5 Å². The van der Waals surface area contributed by atoms with Crippen molar-refractivity contribution in [1.29, 1.82) is 0 Å². The number of rotatable bonds is 7. The number of halogens is 3. The number of hydrogen-bond donors (Lipinski definition) is 1. The summed E-state index contributed by atoms with van der Waals surface area (Å²) < 4.78 is 58.0. The van der Waals surface area contributed by atoms with E-state index in [0.717, 1.165) is 24.3 Å². The molecule has 0 aliphatic rings. The Hall–Kier alpha value is -2.72. The Morgan fingerprint density at radius 3 is 2.28 bits per heavy atom. The molecule has 2 aromatic rings. The van der Waals surface area contributed by atoms with Crippen LogP contribution >= 0.6 is 11.6 Å². The highest BCUT2D eigenvalue weighted by Crippen LogP contribution is 2.28. The third-order valence-electron chi connectivity index (χ3n) is 3.73. The van der Waals surface area contributed by atoms with Crippen molar-refractivity contribution in [2.45, 2.75) is 23.7 Å². The predicted molar refractivity (Wildman–Crippen MR) is 101 cm³/mol. The first-order valence-corrected chi connectivity index (χ1v) is 9.96. The highest BCUT2D eigenvalue weighted by atomic mass is 35.5. The van der Waals surface area contributed by atoms with E-state index in [9.17, 15) is 26.8 Å². The van der Waals surface area contributed by atoms with Crippen LogP contribution in [0.5, 0.6) is 5.75 Å². The number of methoxy groups -OCH3 is 1. The molecule has 0 saturated carbocycles. The van der Waals surface area contributed by atoms with E-state index in [4.69, 9.17) is 21.1 Å². The molecular formula is C18H16ClF2NO6S. The van der Waals surface area contributed by atoms with Gasteiger partial charge in [0, 0.05) is 5.02 Å². The van der Waals surface area contributed by atoms with Gasteiger partial charge in [0.25, 0.3) is 5.91 Å². The number of anilines is 1. The number of carbonyl (C=O) groups is 2. The van der Waals surface area contributed by atoms with Gasteiger partial charge in [-0.05, 0) is 49.4 Å². The Labute approximate surface area is 170 Å². The van der Waals surface area contributed by atoms with E-state index >= 15 is 0 Å². The van der Waals surface area contributed by atoms with Crippen LogP contribution < -0.4 is 10.1 Å². The summed E-state index contributed by atoms with van der Waals surface area (Å²) in [5, 5.41) is 2.86. The normalized spacial score (nSPS) is 12.3. The zero-order valence-corrected chi connectivity index (χ0v) is 16.8. The first-order valence-electron chi connectivity index (χ1n) is 8.03. The largest absolute Gasteiger partial charge is 0.495 e. The molecule has 0 aliphatic heterocycles. The average Bonchev–Trinajstić information content (AvgIpc) is 2.68. The number of benzene rings is 2. The molecule has 11 heteroatoms. The maximum Gasteiger partial charge on any atom is 0.341 e. The number of amides is 1. The van der Waals surface area contributed by atoms with Gasteiger partial charge in [-0.15, -0.1) is 0 Å². The Bertz CT molecular complexity index is 1010. The van der Waals surface area contributed by atoms with Gasteiger partial charge < -0.3 is 14.8 Å². The fourth-order valence-corrected chi connectivity index (χ4v) is 3.07. The summed E-state index contributed by atoms with van der Waals surface area (Å²) >= 11 is 5.88. The number of carbonyl (C=O) groups excluding carboxylic acids is 2. The van der Waals surface area contributed by atoms with Crippen LogP contribution in [-0.2, 0) is 19.4 Å². The van der Waals surface area contributed by atoms with Crippen LogP contribution in [0.1, 0.15) is 17.3 Å². The van der Waals surface area contributed by atoms with Crippen molar-refractivity contribution >= 4 is 39.0 Å². The molecule has 0 aliphatic carbocycles. The Morgan fingerprint density at radius 1 is 1.10 bits per heavy atom. The molecule has 0 aromatic heterocycles. The zero-order chi connectivity index (χ0) is 21.8. The first-order chi connectivity index (χ1) is 13.6. The summed E-state index contributed by atoms with van der Waals surface area (Å²) in [6.07, 6.45) is -1.23. The van der Waals surface area contributed by atoms with Crippen molar-refractivity contribution in [2.24, 2.45) is 0 Å². The lowest BCUT2D eigenvalue weighted by molar-refractivity contribution is -0.123. The Morgan fingerprint density at radius 2 is 1.72 bits per heavy atom. The van der Waals surface area contributed by atoms with Gasteiger partial charge in [0.1, 0.15) is 5.75 Å². The lowest BCUT2D eigenvalue weighted by Crippen LogP contribution is -2.30. The van der Waals surface area contributed by atoms with E-state index in [1.807, 2.05) is 0 Å². The summed E-state index contributed by atoms with van der Waals surface area (Å²) in [5.41, 5.74) is 0.160. The van der Waals surface area contributed by atoms with E-state index in [1.54, 1.807) is 12.1 Å². The molecule has 156 valence electrons. The lowest BCUT2D eigenvalue weighted by atomic mass is 10.2. The molecule has 0 bridgehead atoms. The quantitative estimate of drug-likeness (QED) is 0.652. The molecule has 1 atom stereocenters. The number of nitrogens with one attached hydrogen (secondary N) is 1. The lowest BCUT2D eigenvalue weighted by Gasteiger charge is -2.15. The molecule has 0 fully saturated rings. The van der Waals surface area contributed by atoms with E-state index in [0.29, 0.717) is 10.8 Å². The van der Waals surface area contributed by atoms with Crippen LogP contribution in [0.25, 0.3) is 0 Å². The van der Waals surface area contributed by atoms with Crippen LogP contribution in [0.3, 0.4) is 0 Å². The SMILES string of the molecule is COc1ccc(Cl)cc1NC(=O)C(C)OC(=O)c1ccc(S(=O)(=O)C(F)F)cc1. The molecular weight excluding hydrogens is 432 g/mol. The Balaban J connectivity index is 2.07. The van der Waals surface area contributed by atoms with Crippen LogP contribution in [0, 0.1) is 0 Å². The molecule has 0 heterocycles. The minimum atomic E-state index is -4.77. The summed E-state index contributed by atoms with van der Waals surface area (Å²) in [4.78, 5) is 23.8. The van der Waals surface area contributed by atoms with Gasteiger partial charge in [-0.2, -0.15) is 8.78 Å². The van der Waals surface area contributed by atoms with Gasteiger partial charge in [-0.25, -0.2) is 13.2 Å². The van der Waals surface area contributed by atoms with E-state index in [2.05, 4.69) is 5.32 Å². The number of esters is 1. The third-order valence-corrected chi connectivity index (χ3v) is 5.36. The van der Waals surface area contributed by atoms with Gasteiger partial charge in [-0.1, -0.05) is 11.6 Å². The van der Waals surface area contributed by atoms with Gasteiger partial charge in [0.15, 0.2) is 6.10 Å².